The summed E-state index contributed by atoms with van der Waals surface area (Å²) in [4.78, 5) is 16.0. The smallest absolute Gasteiger partial charge is 0.352 e. The van der Waals surface area contributed by atoms with Crippen LogP contribution in [0.1, 0.15) is 49.2 Å². The number of para-hydroxylation sites is 1. The lowest BCUT2D eigenvalue weighted by molar-refractivity contribution is 0.0675. The normalized spacial score (nSPS) is 13.7. The van der Waals surface area contributed by atoms with E-state index < -0.39 is 5.97 Å². The first-order chi connectivity index (χ1) is 12.0. The largest absolute Gasteiger partial charge is 0.477 e. The number of fused-ring (bicyclic) bond motifs is 1. The summed E-state index contributed by atoms with van der Waals surface area (Å²) in [5.41, 5.74) is 2.19. The van der Waals surface area contributed by atoms with Gasteiger partial charge in [-0.2, -0.15) is 0 Å². The highest BCUT2D eigenvalue weighted by atomic mass is 16.4. The number of hydrogen-bond acceptors (Lipinski definition) is 2. The fourth-order valence-electron chi connectivity index (χ4n) is 3.67. The molecule has 1 aromatic carbocycles. The van der Waals surface area contributed by atoms with Crippen molar-refractivity contribution in [2.45, 2.75) is 45.1 Å². The Balaban J connectivity index is 2.17. The molecule has 25 heavy (non-hydrogen) atoms. The van der Waals surface area contributed by atoms with Crippen LogP contribution in [0.25, 0.3) is 10.9 Å². The predicted molar refractivity (Wildman–Crippen MR) is 100 cm³/mol. The van der Waals surface area contributed by atoms with Gasteiger partial charge in [-0.05, 0) is 49.6 Å². The van der Waals surface area contributed by atoms with Crippen LogP contribution in [-0.2, 0) is 12.0 Å². The molecule has 0 saturated carbocycles. The molecule has 0 radical (unpaired) electrons. The van der Waals surface area contributed by atoms with Crippen LogP contribution in [0.15, 0.2) is 54.9 Å². The van der Waals surface area contributed by atoms with E-state index in [0.717, 1.165) is 36.6 Å². The number of nitrogens with zero attached hydrogens (tertiary/aromatic N) is 2. The Morgan fingerprint density at radius 3 is 2.60 bits per heavy atom. The minimum Gasteiger partial charge on any atom is -0.477 e. The highest BCUT2D eigenvalue weighted by molar-refractivity contribution is 5.94. The topological polar surface area (TPSA) is 55.1 Å². The number of hydrogen-bond donors (Lipinski definition) is 1. The van der Waals surface area contributed by atoms with Gasteiger partial charge in [0.2, 0.25) is 0 Å². The summed E-state index contributed by atoms with van der Waals surface area (Å²) in [5.74, 6) is -0.881. The van der Waals surface area contributed by atoms with Crippen molar-refractivity contribution in [3.8, 4) is 0 Å². The molecule has 130 valence electrons. The van der Waals surface area contributed by atoms with Gasteiger partial charge in [0.1, 0.15) is 5.69 Å². The van der Waals surface area contributed by atoms with Crippen LogP contribution in [0.3, 0.4) is 0 Å². The molecule has 2 aromatic heterocycles. The second-order valence-corrected chi connectivity index (χ2v) is 6.86. The first kappa shape index (κ1) is 17.2. The maximum atomic E-state index is 11.9. The Kier molecular flexibility index (Phi) is 4.88. The molecule has 0 fully saturated rings. The fraction of sp³-hybridized carbons (Fsp3) is 0.333. The van der Waals surface area contributed by atoms with Gasteiger partial charge >= 0.3 is 5.97 Å². The molecule has 0 spiro atoms. The van der Waals surface area contributed by atoms with Gasteiger partial charge in [-0.25, -0.2) is 4.79 Å². The SMILES string of the molecule is CCCCC(C)(Cc1ccncc1)n1c(C(=O)O)cc2ccccc21. The van der Waals surface area contributed by atoms with E-state index in [9.17, 15) is 9.90 Å². The number of aromatic nitrogens is 2. The first-order valence-electron chi connectivity index (χ1n) is 8.78. The van der Waals surface area contributed by atoms with Crippen LogP contribution in [0.4, 0.5) is 0 Å². The fourth-order valence-corrected chi connectivity index (χ4v) is 3.67. The monoisotopic (exact) mass is 336 g/mol. The minimum atomic E-state index is -0.881. The summed E-state index contributed by atoms with van der Waals surface area (Å²) < 4.78 is 2.03. The second kappa shape index (κ2) is 7.09. The van der Waals surface area contributed by atoms with Gasteiger partial charge in [0.25, 0.3) is 0 Å². The van der Waals surface area contributed by atoms with Crippen LogP contribution in [0.2, 0.25) is 0 Å². The lowest BCUT2D eigenvalue weighted by Gasteiger charge is -2.34. The summed E-state index contributed by atoms with van der Waals surface area (Å²) in [6.45, 7) is 4.33. The Hall–Kier alpha value is -2.62. The molecule has 0 aliphatic heterocycles. The molecule has 0 aliphatic carbocycles. The number of carbonyl (C=O) groups is 1. The summed E-state index contributed by atoms with van der Waals surface area (Å²) in [6, 6.07) is 13.7. The van der Waals surface area contributed by atoms with Crippen molar-refractivity contribution in [1.29, 1.82) is 0 Å². The number of benzene rings is 1. The molecule has 1 N–H and O–H groups in total. The highest BCUT2D eigenvalue weighted by Gasteiger charge is 2.31. The maximum Gasteiger partial charge on any atom is 0.352 e. The Bertz CT molecular complexity index is 870. The van der Waals surface area contributed by atoms with Crippen molar-refractivity contribution < 1.29 is 9.90 Å². The third kappa shape index (κ3) is 3.43. The van der Waals surface area contributed by atoms with Crippen LogP contribution >= 0.6 is 0 Å². The van der Waals surface area contributed by atoms with Crippen LogP contribution in [-0.4, -0.2) is 20.6 Å². The van der Waals surface area contributed by atoms with Crippen molar-refractivity contribution in [1.82, 2.24) is 9.55 Å². The number of rotatable bonds is 7. The minimum absolute atomic E-state index is 0.311. The molecule has 1 unspecified atom stereocenters. The summed E-state index contributed by atoms with van der Waals surface area (Å²) in [7, 11) is 0. The van der Waals surface area contributed by atoms with Crippen molar-refractivity contribution in [3.05, 3.63) is 66.1 Å². The van der Waals surface area contributed by atoms with Crippen LogP contribution in [0, 0.1) is 0 Å². The zero-order valence-corrected chi connectivity index (χ0v) is 14.8. The molecule has 2 heterocycles. The van der Waals surface area contributed by atoms with Gasteiger partial charge in [-0.1, -0.05) is 38.0 Å². The molecule has 0 saturated heterocycles. The van der Waals surface area contributed by atoms with E-state index in [1.165, 1.54) is 5.56 Å². The summed E-state index contributed by atoms with van der Waals surface area (Å²) in [5, 5.41) is 10.8. The quantitative estimate of drug-likeness (QED) is 0.669. The van der Waals surface area contributed by atoms with Crippen molar-refractivity contribution in [3.63, 3.8) is 0 Å². The van der Waals surface area contributed by atoms with Crippen molar-refractivity contribution >= 4 is 16.9 Å². The maximum absolute atomic E-state index is 11.9. The molecular formula is C21H24N2O2. The average molecular weight is 336 g/mol. The molecule has 4 heteroatoms. The lowest BCUT2D eigenvalue weighted by atomic mass is 9.87. The second-order valence-electron chi connectivity index (χ2n) is 6.86. The Morgan fingerprint density at radius 2 is 1.92 bits per heavy atom. The third-order valence-electron chi connectivity index (χ3n) is 4.87. The standard InChI is InChI=1S/C21H24N2O2/c1-3-4-11-21(2,15-16-9-12-22-13-10-16)23-18-8-6-5-7-17(18)14-19(23)20(24)25/h5-10,12-14H,3-4,11,15H2,1-2H3,(H,24,25). The number of carboxylic acid groups (broad SMARTS) is 1. The van der Waals surface area contributed by atoms with Gasteiger partial charge in [0.15, 0.2) is 0 Å². The summed E-state index contributed by atoms with van der Waals surface area (Å²) in [6.07, 6.45) is 7.41. The summed E-state index contributed by atoms with van der Waals surface area (Å²) >= 11 is 0. The van der Waals surface area contributed by atoms with Gasteiger partial charge in [0.05, 0.1) is 0 Å². The van der Waals surface area contributed by atoms with E-state index in [1.54, 1.807) is 18.5 Å². The van der Waals surface area contributed by atoms with Gasteiger partial charge in [-0.15, -0.1) is 0 Å². The van der Waals surface area contributed by atoms with Crippen LogP contribution in [0.5, 0.6) is 0 Å². The first-order valence-corrected chi connectivity index (χ1v) is 8.78. The molecule has 3 rings (SSSR count). The zero-order chi connectivity index (χ0) is 17.9. The highest BCUT2D eigenvalue weighted by Crippen LogP contribution is 2.34. The van der Waals surface area contributed by atoms with Gasteiger partial charge in [0, 0.05) is 28.8 Å². The Morgan fingerprint density at radius 1 is 1.20 bits per heavy atom. The Labute approximate surface area is 148 Å². The van der Waals surface area contributed by atoms with Gasteiger partial charge in [-0.3, -0.25) is 4.98 Å². The molecule has 0 bridgehead atoms. The van der Waals surface area contributed by atoms with E-state index >= 15 is 0 Å². The van der Waals surface area contributed by atoms with E-state index in [1.807, 2.05) is 41.0 Å². The predicted octanol–water partition coefficient (Wildman–Crippen LogP) is 4.88. The molecule has 1 atom stereocenters. The van der Waals surface area contributed by atoms with E-state index in [2.05, 4.69) is 18.8 Å². The number of pyridine rings is 1. The zero-order valence-electron chi connectivity index (χ0n) is 14.8. The van der Waals surface area contributed by atoms with Crippen molar-refractivity contribution in [2.24, 2.45) is 0 Å². The number of unbranched alkanes of at least 4 members (excludes halogenated alkanes) is 1. The number of carboxylic acids is 1. The van der Waals surface area contributed by atoms with Crippen molar-refractivity contribution in [2.75, 3.05) is 0 Å². The molecular weight excluding hydrogens is 312 g/mol. The van der Waals surface area contributed by atoms with E-state index in [4.69, 9.17) is 0 Å². The molecule has 3 aromatic rings. The molecule has 4 nitrogen and oxygen atoms in total. The van der Waals surface area contributed by atoms with E-state index in [-0.39, 0.29) is 5.54 Å². The van der Waals surface area contributed by atoms with Crippen LogP contribution < -0.4 is 0 Å². The lowest BCUT2D eigenvalue weighted by Crippen LogP contribution is -2.35. The number of aromatic carboxylic acids is 1. The molecule has 0 aliphatic rings. The molecule has 0 amide bonds. The third-order valence-corrected chi connectivity index (χ3v) is 4.87. The average Bonchev–Trinajstić information content (AvgIpc) is 3.01. The van der Waals surface area contributed by atoms with Gasteiger partial charge < -0.3 is 9.67 Å². The van der Waals surface area contributed by atoms with E-state index in [0.29, 0.717) is 5.69 Å².